The van der Waals surface area contributed by atoms with Crippen LogP contribution in [0.5, 0.6) is 5.75 Å². The number of hydrogen-bond donors (Lipinski definition) is 2. The summed E-state index contributed by atoms with van der Waals surface area (Å²) in [6.07, 6.45) is -0.958. The fourth-order valence-electron chi connectivity index (χ4n) is 2.41. The minimum Gasteiger partial charge on any atom is -0.484 e. The molecular weight excluding hydrogens is 330 g/mol. The topological polar surface area (TPSA) is 124 Å². The Morgan fingerprint density at radius 1 is 1.28 bits per heavy atom. The zero-order chi connectivity index (χ0) is 17.8. The summed E-state index contributed by atoms with van der Waals surface area (Å²) in [7, 11) is 0. The number of nitrogens with one attached hydrogen (secondary N) is 1. The molecule has 1 aliphatic rings. The summed E-state index contributed by atoms with van der Waals surface area (Å²) in [4.78, 5) is 27.0. The van der Waals surface area contributed by atoms with Crippen LogP contribution < -0.4 is 10.1 Å². The van der Waals surface area contributed by atoms with Crippen molar-refractivity contribution >= 4 is 17.6 Å². The van der Waals surface area contributed by atoms with Gasteiger partial charge in [-0.2, -0.15) is 4.98 Å². The van der Waals surface area contributed by atoms with Gasteiger partial charge in [0.2, 0.25) is 0 Å². The predicted octanol–water partition coefficient (Wildman–Crippen LogP) is 1.53. The zero-order valence-electron chi connectivity index (χ0n) is 13.5. The molecule has 9 nitrogen and oxygen atoms in total. The standard InChI is InChI=1S/C16H17N3O6/c1-9-17-14(25-19-9)8-23-11-4-2-10(3-5-11)18-15(20)12-6-7-13(24-12)16(21)22/h2-5,12-13H,6-8H2,1H3,(H,18,20)(H,21,22)/t12-,13+/m0/s1. The first kappa shape index (κ1) is 16.9. The summed E-state index contributed by atoms with van der Waals surface area (Å²) >= 11 is 0. The van der Waals surface area contributed by atoms with E-state index >= 15 is 0 Å². The van der Waals surface area contributed by atoms with Gasteiger partial charge in [0.25, 0.3) is 11.8 Å². The lowest BCUT2D eigenvalue weighted by atomic mass is 10.2. The Kier molecular flexibility index (Phi) is 4.94. The number of carboxylic acids is 1. The number of hydrogen-bond acceptors (Lipinski definition) is 7. The molecule has 0 spiro atoms. The zero-order valence-corrected chi connectivity index (χ0v) is 13.5. The van der Waals surface area contributed by atoms with Crippen LogP contribution in [0.25, 0.3) is 0 Å². The second-order valence-corrected chi connectivity index (χ2v) is 5.57. The number of carboxylic acid groups (broad SMARTS) is 1. The number of benzene rings is 1. The molecule has 1 amide bonds. The van der Waals surface area contributed by atoms with Crippen molar-refractivity contribution in [1.29, 1.82) is 0 Å². The van der Waals surface area contributed by atoms with Crippen LogP contribution in [0.2, 0.25) is 0 Å². The lowest BCUT2D eigenvalue weighted by Gasteiger charge is -2.12. The first-order valence-corrected chi connectivity index (χ1v) is 7.72. The quantitative estimate of drug-likeness (QED) is 0.806. The number of aryl methyl sites for hydroxylation is 1. The van der Waals surface area contributed by atoms with Gasteiger partial charge in [0.05, 0.1) is 0 Å². The number of amides is 1. The molecule has 1 aliphatic heterocycles. The monoisotopic (exact) mass is 347 g/mol. The van der Waals surface area contributed by atoms with E-state index in [1.165, 1.54) is 0 Å². The number of ether oxygens (including phenoxy) is 2. The van der Waals surface area contributed by atoms with Crippen LogP contribution in [-0.2, 0) is 20.9 Å². The molecule has 132 valence electrons. The molecule has 0 radical (unpaired) electrons. The molecule has 1 aromatic carbocycles. The SMILES string of the molecule is Cc1noc(COc2ccc(NC(=O)[C@@H]3CC[C@H](C(=O)O)O3)cc2)n1. The molecule has 1 fully saturated rings. The molecular formula is C16H17N3O6. The van der Waals surface area contributed by atoms with Gasteiger partial charge in [-0.15, -0.1) is 0 Å². The van der Waals surface area contributed by atoms with Crippen LogP contribution in [0.15, 0.2) is 28.8 Å². The van der Waals surface area contributed by atoms with E-state index in [2.05, 4.69) is 15.5 Å². The summed E-state index contributed by atoms with van der Waals surface area (Å²) < 4.78 is 15.7. The van der Waals surface area contributed by atoms with E-state index in [1.807, 2.05) is 0 Å². The molecule has 2 heterocycles. The molecule has 0 aliphatic carbocycles. The van der Waals surface area contributed by atoms with E-state index in [4.69, 9.17) is 19.1 Å². The summed E-state index contributed by atoms with van der Waals surface area (Å²) in [6, 6.07) is 6.73. The van der Waals surface area contributed by atoms with Crippen molar-refractivity contribution in [3.63, 3.8) is 0 Å². The molecule has 0 saturated carbocycles. The molecule has 1 aromatic heterocycles. The minimum absolute atomic E-state index is 0.152. The van der Waals surface area contributed by atoms with Crippen molar-refractivity contribution in [3.8, 4) is 5.75 Å². The van der Waals surface area contributed by atoms with Gasteiger partial charge in [-0.05, 0) is 44.0 Å². The third-order valence-corrected chi connectivity index (χ3v) is 3.64. The van der Waals surface area contributed by atoms with Crippen LogP contribution in [0.4, 0.5) is 5.69 Å². The van der Waals surface area contributed by atoms with E-state index in [0.29, 0.717) is 36.0 Å². The number of aliphatic carboxylic acids is 1. The molecule has 0 unspecified atom stereocenters. The highest BCUT2D eigenvalue weighted by molar-refractivity contribution is 5.94. The van der Waals surface area contributed by atoms with Crippen molar-refractivity contribution < 1.29 is 28.7 Å². The Hall–Kier alpha value is -2.94. The van der Waals surface area contributed by atoms with Crippen LogP contribution >= 0.6 is 0 Å². The fourth-order valence-corrected chi connectivity index (χ4v) is 2.41. The molecule has 25 heavy (non-hydrogen) atoms. The van der Waals surface area contributed by atoms with Crippen molar-refractivity contribution in [3.05, 3.63) is 36.0 Å². The Balaban J connectivity index is 1.50. The summed E-state index contributed by atoms with van der Waals surface area (Å²) in [6.45, 7) is 1.87. The maximum absolute atomic E-state index is 12.1. The Morgan fingerprint density at radius 2 is 2.00 bits per heavy atom. The van der Waals surface area contributed by atoms with Crippen molar-refractivity contribution in [2.45, 2.75) is 38.6 Å². The lowest BCUT2D eigenvalue weighted by Crippen LogP contribution is -2.29. The number of carbonyl (C=O) groups excluding carboxylic acids is 1. The highest BCUT2D eigenvalue weighted by Gasteiger charge is 2.34. The fraction of sp³-hybridized carbons (Fsp3) is 0.375. The van der Waals surface area contributed by atoms with E-state index in [1.54, 1.807) is 31.2 Å². The van der Waals surface area contributed by atoms with Crippen molar-refractivity contribution in [2.75, 3.05) is 5.32 Å². The first-order chi connectivity index (χ1) is 12.0. The number of nitrogens with zero attached hydrogens (tertiary/aromatic N) is 2. The molecule has 9 heteroatoms. The second kappa shape index (κ2) is 7.31. The third-order valence-electron chi connectivity index (χ3n) is 3.64. The van der Waals surface area contributed by atoms with Crippen LogP contribution in [0.3, 0.4) is 0 Å². The molecule has 0 bridgehead atoms. The average molecular weight is 347 g/mol. The van der Waals surface area contributed by atoms with E-state index < -0.39 is 18.2 Å². The number of carbonyl (C=O) groups is 2. The van der Waals surface area contributed by atoms with Crippen LogP contribution in [-0.4, -0.2) is 39.3 Å². The van der Waals surface area contributed by atoms with Gasteiger partial charge in [-0.3, -0.25) is 4.79 Å². The van der Waals surface area contributed by atoms with Gasteiger partial charge >= 0.3 is 5.97 Å². The van der Waals surface area contributed by atoms with Gasteiger partial charge in [-0.25, -0.2) is 4.79 Å². The summed E-state index contributed by atoms with van der Waals surface area (Å²) in [5.74, 6) is 0.0843. The van der Waals surface area contributed by atoms with Gasteiger partial charge in [0, 0.05) is 5.69 Å². The number of anilines is 1. The summed E-state index contributed by atoms with van der Waals surface area (Å²) in [5.41, 5.74) is 0.563. The Labute approximate surface area is 142 Å². The first-order valence-electron chi connectivity index (χ1n) is 7.72. The highest BCUT2D eigenvalue weighted by Crippen LogP contribution is 2.22. The largest absolute Gasteiger partial charge is 0.484 e. The van der Waals surface area contributed by atoms with Gasteiger partial charge < -0.3 is 24.4 Å². The predicted molar refractivity (Wildman–Crippen MR) is 84.0 cm³/mol. The lowest BCUT2D eigenvalue weighted by molar-refractivity contribution is -0.150. The maximum Gasteiger partial charge on any atom is 0.332 e. The molecule has 2 aromatic rings. The second-order valence-electron chi connectivity index (χ2n) is 5.57. The normalized spacial score (nSPS) is 19.6. The van der Waals surface area contributed by atoms with E-state index in [0.717, 1.165) is 0 Å². The number of rotatable bonds is 6. The van der Waals surface area contributed by atoms with Crippen LogP contribution in [0.1, 0.15) is 24.6 Å². The average Bonchev–Trinajstić information content (AvgIpc) is 3.23. The Morgan fingerprint density at radius 3 is 2.60 bits per heavy atom. The van der Waals surface area contributed by atoms with Gasteiger partial charge in [-0.1, -0.05) is 5.16 Å². The Bertz CT molecular complexity index is 757. The van der Waals surface area contributed by atoms with Crippen molar-refractivity contribution in [1.82, 2.24) is 10.1 Å². The van der Waals surface area contributed by atoms with Gasteiger partial charge in [0.15, 0.2) is 18.5 Å². The van der Waals surface area contributed by atoms with E-state index in [9.17, 15) is 9.59 Å². The summed E-state index contributed by atoms with van der Waals surface area (Å²) in [5, 5.41) is 15.2. The van der Waals surface area contributed by atoms with Crippen LogP contribution in [0, 0.1) is 6.92 Å². The van der Waals surface area contributed by atoms with E-state index in [-0.39, 0.29) is 12.5 Å². The smallest absolute Gasteiger partial charge is 0.332 e. The molecule has 2 N–H and O–H groups in total. The minimum atomic E-state index is -1.05. The van der Waals surface area contributed by atoms with Gasteiger partial charge in [0.1, 0.15) is 11.9 Å². The number of aromatic nitrogens is 2. The highest BCUT2D eigenvalue weighted by atomic mass is 16.5. The van der Waals surface area contributed by atoms with Crippen molar-refractivity contribution in [2.24, 2.45) is 0 Å². The third kappa shape index (κ3) is 4.32. The maximum atomic E-state index is 12.1. The molecule has 1 saturated heterocycles. The molecule has 2 atom stereocenters. The molecule has 3 rings (SSSR count).